The summed E-state index contributed by atoms with van der Waals surface area (Å²) >= 11 is 0. The molecule has 0 N–H and O–H groups in total. The molecule has 0 spiro atoms. The summed E-state index contributed by atoms with van der Waals surface area (Å²) < 4.78 is 0. The van der Waals surface area contributed by atoms with Crippen molar-refractivity contribution in [2.24, 2.45) is 11.8 Å². The minimum Gasteiger partial charge on any atom is -0.371 e. The van der Waals surface area contributed by atoms with Crippen LogP contribution in [0.2, 0.25) is 0 Å². The van der Waals surface area contributed by atoms with E-state index in [1.54, 1.807) is 0 Å². The van der Waals surface area contributed by atoms with Crippen LogP contribution < -0.4 is 4.90 Å². The van der Waals surface area contributed by atoms with E-state index in [0.717, 1.165) is 23.0 Å². The molecule has 0 aromatic heterocycles. The number of nitrogens with zero attached hydrogens (tertiary/aromatic N) is 2. The number of hydrogen-bond acceptors (Lipinski definition) is 2. The van der Waals surface area contributed by atoms with Crippen LogP contribution >= 0.6 is 0 Å². The Kier molecular flexibility index (Phi) is 24.5. The van der Waals surface area contributed by atoms with Gasteiger partial charge in [0.25, 0.3) is 0 Å². The second-order valence-electron chi connectivity index (χ2n) is 17.7. The zero-order valence-electron chi connectivity index (χ0n) is 38.8. The van der Waals surface area contributed by atoms with E-state index in [2.05, 4.69) is 148 Å². The summed E-state index contributed by atoms with van der Waals surface area (Å²) in [7, 11) is 0. The third-order valence-corrected chi connectivity index (χ3v) is 12.4. The molecule has 0 saturated carbocycles. The van der Waals surface area contributed by atoms with Crippen molar-refractivity contribution in [3.8, 4) is 6.07 Å². The van der Waals surface area contributed by atoms with Crippen molar-refractivity contribution in [2.75, 3.05) is 18.0 Å². The first-order valence-corrected chi connectivity index (χ1v) is 24.6. The van der Waals surface area contributed by atoms with Gasteiger partial charge in [0.05, 0.1) is 11.6 Å². The number of unbranched alkanes of at least 4 members (excludes halogenated alkanes) is 12. The number of anilines is 1. The summed E-state index contributed by atoms with van der Waals surface area (Å²) in [6.07, 6.45) is 40.4. The van der Waals surface area contributed by atoms with Gasteiger partial charge in [0.15, 0.2) is 0 Å². The summed E-state index contributed by atoms with van der Waals surface area (Å²) in [6, 6.07) is 36.8. The fourth-order valence-corrected chi connectivity index (χ4v) is 8.48. The molecule has 2 heteroatoms. The van der Waals surface area contributed by atoms with E-state index < -0.39 is 0 Å². The van der Waals surface area contributed by atoms with E-state index in [0.29, 0.717) is 5.56 Å². The lowest BCUT2D eigenvalue weighted by Gasteiger charge is -2.33. The van der Waals surface area contributed by atoms with Crippen LogP contribution in [0.15, 0.2) is 97.1 Å². The fourth-order valence-electron chi connectivity index (χ4n) is 8.48. The maximum absolute atomic E-state index is 9.02. The highest BCUT2D eigenvalue weighted by Crippen LogP contribution is 2.28. The highest BCUT2D eigenvalue weighted by molar-refractivity contribution is 5.75. The molecule has 0 aliphatic carbocycles. The Morgan fingerprint density at radius 2 is 0.639 bits per heavy atom. The molecule has 4 aromatic carbocycles. The lowest BCUT2D eigenvalue weighted by atomic mass is 9.91. The SMILES string of the molecule is CCCCCCC(CCCCCC)CN(CC(CCCCCC)CCCCCC)c1ccc(/C=C/c2ccc(/C=C/c3ccc(/C=C/c4ccc(C#N)cc4)cc3)cc2)cc1. The van der Waals surface area contributed by atoms with Gasteiger partial charge in [-0.05, 0) is 95.2 Å². The Morgan fingerprint density at radius 1 is 0.377 bits per heavy atom. The molecule has 4 rings (SSSR count). The van der Waals surface area contributed by atoms with E-state index in [9.17, 15) is 0 Å². The van der Waals surface area contributed by atoms with Gasteiger partial charge in [-0.15, -0.1) is 0 Å². The van der Waals surface area contributed by atoms with Gasteiger partial charge in [0.1, 0.15) is 0 Å². The van der Waals surface area contributed by atoms with Gasteiger partial charge in [-0.25, -0.2) is 0 Å². The molecule has 0 atom stereocenters. The first-order valence-electron chi connectivity index (χ1n) is 24.6. The molecule has 4 aromatic rings. The van der Waals surface area contributed by atoms with E-state index in [-0.39, 0.29) is 0 Å². The van der Waals surface area contributed by atoms with Crippen molar-refractivity contribution in [1.29, 1.82) is 5.26 Å². The van der Waals surface area contributed by atoms with Gasteiger partial charge in [-0.3, -0.25) is 0 Å². The van der Waals surface area contributed by atoms with E-state index in [1.807, 2.05) is 24.3 Å². The Morgan fingerprint density at radius 3 is 0.902 bits per heavy atom. The molecule has 0 aliphatic heterocycles. The van der Waals surface area contributed by atoms with E-state index in [4.69, 9.17) is 5.26 Å². The van der Waals surface area contributed by atoms with Gasteiger partial charge >= 0.3 is 0 Å². The van der Waals surface area contributed by atoms with Crippen LogP contribution in [0.5, 0.6) is 0 Å². The summed E-state index contributed by atoms with van der Waals surface area (Å²) in [6.45, 7) is 11.8. The molecule has 326 valence electrons. The Balaban J connectivity index is 1.41. The van der Waals surface area contributed by atoms with Crippen LogP contribution in [0.4, 0.5) is 5.69 Å². The first kappa shape index (κ1) is 49.0. The molecule has 0 saturated heterocycles. The Hall–Kier alpha value is -4.61. The molecule has 0 unspecified atom stereocenters. The minimum absolute atomic E-state index is 0.682. The highest BCUT2D eigenvalue weighted by Gasteiger charge is 2.19. The van der Waals surface area contributed by atoms with E-state index >= 15 is 0 Å². The lowest BCUT2D eigenvalue weighted by Crippen LogP contribution is -2.34. The molecule has 0 fully saturated rings. The second-order valence-corrected chi connectivity index (χ2v) is 17.7. The predicted octanol–water partition coefficient (Wildman–Crippen LogP) is 18.0. The zero-order chi connectivity index (χ0) is 43.2. The molecular formula is C59H80N2. The molecule has 0 aliphatic rings. The summed E-state index contributed by atoms with van der Waals surface area (Å²) in [5, 5.41) is 9.02. The third-order valence-electron chi connectivity index (χ3n) is 12.4. The highest BCUT2D eigenvalue weighted by atomic mass is 15.1. The molecule has 0 bridgehead atoms. The van der Waals surface area contributed by atoms with Gasteiger partial charge in [0, 0.05) is 18.8 Å². The minimum atomic E-state index is 0.682. The standard InChI is InChI=1S/C59H80N2/c1-5-9-13-17-21-57(22-18-14-10-6-2)48-61(49-58(23-19-15-11-7-3)24-20-16-12-8-4)59-45-43-55(44-46-59)38-37-53-33-31-51(32-34-53)26-25-50-27-29-52(30-28-50)35-36-54-39-41-56(47-60)42-40-54/h25-46,57-58H,5-24,48-49H2,1-4H3/b26-25+,36-35+,38-37+. The molecule has 2 nitrogen and oxygen atoms in total. The number of hydrogen-bond donors (Lipinski definition) is 0. The van der Waals surface area contributed by atoms with Gasteiger partial charge < -0.3 is 4.90 Å². The van der Waals surface area contributed by atoms with Crippen molar-refractivity contribution in [2.45, 2.75) is 156 Å². The largest absolute Gasteiger partial charge is 0.371 e. The summed E-state index contributed by atoms with van der Waals surface area (Å²) in [4.78, 5) is 2.83. The van der Waals surface area contributed by atoms with Crippen LogP contribution in [-0.4, -0.2) is 13.1 Å². The van der Waals surface area contributed by atoms with Crippen molar-refractivity contribution >= 4 is 42.1 Å². The quantitative estimate of drug-likeness (QED) is 0.0374. The number of benzene rings is 4. The maximum Gasteiger partial charge on any atom is 0.0991 e. The third kappa shape index (κ3) is 20.2. The van der Waals surface area contributed by atoms with Gasteiger partial charge in [-0.1, -0.05) is 240 Å². The zero-order valence-corrected chi connectivity index (χ0v) is 38.8. The van der Waals surface area contributed by atoms with Crippen molar-refractivity contribution in [3.63, 3.8) is 0 Å². The number of rotatable bonds is 31. The molecule has 0 radical (unpaired) electrons. The number of nitriles is 1. The monoisotopic (exact) mass is 817 g/mol. The Labute approximate surface area is 373 Å². The molecular weight excluding hydrogens is 737 g/mol. The summed E-state index contributed by atoms with van der Waals surface area (Å²) in [5.41, 5.74) is 9.16. The van der Waals surface area contributed by atoms with Crippen molar-refractivity contribution in [1.82, 2.24) is 0 Å². The van der Waals surface area contributed by atoms with Crippen LogP contribution in [-0.2, 0) is 0 Å². The van der Waals surface area contributed by atoms with Crippen molar-refractivity contribution in [3.05, 3.63) is 136 Å². The van der Waals surface area contributed by atoms with E-state index in [1.165, 1.54) is 169 Å². The Bertz CT molecular complexity index is 1780. The second kappa shape index (κ2) is 30.4. The van der Waals surface area contributed by atoms with Crippen molar-refractivity contribution < 1.29 is 0 Å². The molecule has 0 amide bonds. The van der Waals surface area contributed by atoms with Crippen LogP contribution in [0.3, 0.4) is 0 Å². The average Bonchev–Trinajstić information content (AvgIpc) is 3.30. The van der Waals surface area contributed by atoms with Gasteiger partial charge in [0.2, 0.25) is 0 Å². The predicted molar refractivity (Wildman–Crippen MR) is 271 cm³/mol. The molecule has 0 heterocycles. The first-order chi connectivity index (χ1) is 30.0. The topological polar surface area (TPSA) is 27.0 Å². The lowest BCUT2D eigenvalue weighted by molar-refractivity contribution is 0.368. The van der Waals surface area contributed by atoms with Gasteiger partial charge in [-0.2, -0.15) is 5.26 Å². The maximum atomic E-state index is 9.02. The smallest absolute Gasteiger partial charge is 0.0991 e. The van der Waals surface area contributed by atoms with Crippen LogP contribution in [0.25, 0.3) is 36.5 Å². The summed E-state index contributed by atoms with van der Waals surface area (Å²) in [5.74, 6) is 1.56. The average molecular weight is 817 g/mol. The van der Waals surface area contributed by atoms with Crippen LogP contribution in [0, 0.1) is 23.2 Å². The van der Waals surface area contributed by atoms with Crippen LogP contribution in [0.1, 0.15) is 195 Å². The molecule has 61 heavy (non-hydrogen) atoms. The normalized spacial score (nSPS) is 11.8. The fraction of sp³-hybridized carbons (Fsp3) is 0.475.